The number of hydrogen-bond donors (Lipinski definition) is 2. The van der Waals surface area contributed by atoms with Gasteiger partial charge in [-0.05, 0) is 54.1 Å². The van der Waals surface area contributed by atoms with Gasteiger partial charge < -0.3 is 15.6 Å². The minimum Gasteiger partial charge on any atom is -0.366 e. The largest absolute Gasteiger partial charge is 0.366 e. The Morgan fingerprint density at radius 1 is 0.778 bits per heavy atom. The average molecular weight is 474 g/mol. The van der Waals surface area contributed by atoms with Crippen molar-refractivity contribution in [3.63, 3.8) is 0 Å². The molecule has 1 aromatic heterocycles. The van der Waals surface area contributed by atoms with Crippen molar-refractivity contribution < 1.29 is 14.4 Å². The van der Waals surface area contributed by atoms with Crippen LogP contribution in [0.25, 0.3) is 27.9 Å². The van der Waals surface area contributed by atoms with Crippen molar-refractivity contribution in [1.29, 1.82) is 0 Å². The molecule has 5 aromatic rings. The molecule has 0 radical (unpaired) electrons. The van der Waals surface area contributed by atoms with Gasteiger partial charge in [0.15, 0.2) is 5.78 Å². The smallest absolute Gasteiger partial charge is 0.256 e. The summed E-state index contributed by atoms with van der Waals surface area (Å²) in [5.74, 6) is -1.36. The quantitative estimate of drug-likeness (QED) is 0.249. The zero-order valence-electron chi connectivity index (χ0n) is 19.6. The highest BCUT2D eigenvalue weighted by atomic mass is 16.2. The number of nitrogens with two attached hydrogens (primary N) is 1. The van der Waals surface area contributed by atoms with Gasteiger partial charge in [-0.25, -0.2) is 0 Å². The van der Waals surface area contributed by atoms with Crippen LogP contribution in [0.2, 0.25) is 0 Å². The summed E-state index contributed by atoms with van der Waals surface area (Å²) >= 11 is 0. The number of aromatic nitrogens is 1. The second kappa shape index (κ2) is 9.35. The topological polar surface area (TPSA) is 94.2 Å². The molecule has 5 rings (SSSR count). The number of nitrogens with zero attached hydrogens (tertiary/aromatic N) is 1. The van der Waals surface area contributed by atoms with Crippen LogP contribution >= 0.6 is 0 Å². The molecule has 6 heteroatoms. The van der Waals surface area contributed by atoms with Crippen LogP contribution in [-0.4, -0.2) is 22.2 Å². The standard InChI is InChI=1S/C30H23N3O3/c1-33-26-12-5-4-9-22(26)25-17-19(13-15-27(25)33)14-16-28(34)20-7-6-8-21(18-20)32-30(36)24-11-3-2-10-23(24)29(31)35/h2-18H,1H3,(H2,31,35)(H,32,36). The zero-order chi connectivity index (χ0) is 25.2. The maximum absolute atomic E-state index is 12.9. The molecule has 0 saturated heterocycles. The lowest BCUT2D eigenvalue weighted by molar-refractivity contribution is 0.0977. The molecule has 0 saturated carbocycles. The summed E-state index contributed by atoms with van der Waals surface area (Å²) in [6.45, 7) is 0. The lowest BCUT2D eigenvalue weighted by atomic mass is 10.1. The van der Waals surface area contributed by atoms with Gasteiger partial charge in [-0.1, -0.05) is 54.6 Å². The van der Waals surface area contributed by atoms with Gasteiger partial charge in [0.25, 0.3) is 5.91 Å². The van der Waals surface area contributed by atoms with E-state index in [9.17, 15) is 14.4 Å². The fourth-order valence-electron chi connectivity index (χ4n) is 4.40. The van der Waals surface area contributed by atoms with Gasteiger partial charge in [0.2, 0.25) is 5.91 Å². The molecule has 0 fully saturated rings. The molecule has 4 aromatic carbocycles. The molecule has 6 nitrogen and oxygen atoms in total. The Morgan fingerprint density at radius 3 is 2.31 bits per heavy atom. The summed E-state index contributed by atoms with van der Waals surface area (Å²) in [7, 11) is 2.04. The van der Waals surface area contributed by atoms with Crippen LogP contribution in [-0.2, 0) is 7.05 Å². The molecule has 0 aliphatic heterocycles. The van der Waals surface area contributed by atoms with E-state index in [-0.39, 0.29) is 16.9 Å². The number of benzene rings is 4. The van der Waals surface area contributed by atoms with Crippen molar-refractivity contribution in [2.24, 2.45) is 12.8 Å². The molecule has 0 unspecified atom stereocenters. The number of amides is 2. The van der Waals surface area contributed by atoms with E-state index in [0.29, 0.717) is 11.3 Å². The Hall–Kier alpha value is -4.97. The number of carbonyl (C=O) groups is 3. The molecule has 0 bridgehead atoms. The van der Waals surface area contributed by atoms with E-state index in [1.54, 1.807) is 42.5 Å². The van der Waals surface area contributed by atoms with Crippen LogP contribution in [0.15, 0.2) is 97.1 Å². The summed E-state index contributed by atoms with van der Waals surface area (Å²) in [6, 6.07) is 27.3. The van der Waals surface area contributed by atoms with Crippen LogP contribution in [0, 0.1) is 0 Å². The van der Waals surface area contributed by atoms with E-state index in [1.807, 2.05) is 25.2 Å². The third kappa shape index (κ3) is 4.28. The van der Waals surface area contributed by atoms with E-state index in [4.69, 9.17) is 5.73 Å². The molecule has 0 spiro atoms. The van der Waals surface area contributed by atoms with Crippen LogP contribution in [0.3, 0.4) is 0 Å². The van der Waals surface area contributed by atoms with E-state index < -0.39 is 11.8 Å². The summed E-state index contributed by atoms with van der Waals surface area (Å²) < 4.78 is 2.16. The number of carbonyl (C=O) groups excluding carboxylic acids is 3. The fraction of sp³-hybridized carbons (Fsp3) is 0.0333. The lowest BCUT2D eigenvalue weighted by Crippen LogP contribution is -2.20. The number of para-hydroxylation sites is 1. The van der Waals surface area contributed by atoms with Gasteiger partial charge >= 0.3 is 0 Å². The van der Waals surface area contributed by atoms with Crippen LogP contribution < -0.4 is 11.1 Å². The second-order valence-electron chi connectivity index (χ2n) is 8.50. The van der Waals surface area contributed by atoms with E-state index >= 15 is 0 Å². The maximum Gasteiger partial charge on any atom is 0.256 e. The van der Waals surface area contributed by atoms with Gasteiger partial charge in [0.05, 0.1) is 11.1 Å². The predicted octanol–water partition coefficient (Wildman–Crippen LogP) is 5.58. The third-order valence-corrected chi connectivity index (χ3v) is 6.21. The highest BCUT2D eigenvalue weighted by molar-refractivity contribution is 6.13. The molecular formula is C30H23N3O3. The number of nitrogens with one attached hydrogen (secondary N) is 1. The monoisotopic (exact) mass is 473 g/mol. The van der Waals surface area contributed by atoms with Crippen LogP contribution in [0.1, 0.15) is 36.6 Å². The molecule has 2 amide bonds. The van der Waals surface area contributed by atoms with Gasteiger partial charge in [-0.3, -0.25) is 14.4 Å². The number of fused-ring (bicyclic) bond motifs is 3. The van der Waals surface area contributed by atoms with Crippen molar-refractivity contribution in [1.82, 2.24) is 4.57 Å². The van der Waals surface area contributed by atoms with Crippen molar-refractivity contribution >= 4 is 51.2 Å². The SMILES string of the molecule is Cn1c2ccccc2c2cc(C=CC(=O)c3cccc(NC(=O)c4ccccc4C(N)=O)c3)ccc21. The van der Waals surface area contributed by atoms with Crippen LogP contribution in [0.5, 0.6) is 0 Å². The summed E-state index contributed by atoms with van der Waals surface area (Å²) in [4.78, 5) is 37.2. The Kier molecular flexibility index (Phi) is 5.92. The van der Waals surface area contributed by atoms with E-state index in [2.05, 4.69) is 34.1 Å². The molecule has 176 valence electrons. The zero-order valence-corrected chi connectivity index (χ0v) is 19.6. The first kappa shape index (κ1) is 22.8. The van der Waals surface area contributed by atoms with Gasteiger partial charge in [-0.15, -0.1) is 0 Å². The number of rotatable bonds is 6. The Labute approximate surface area is 207 Å². The predicted molar refractivity (Wildman–Crippen MR) is 143 cm³/mol. The summed E-state index contributed by atoms with van der Waals surface area (Å²) in [5.41, 5.74) is 9.75. The minimum atomic E-state index is -0.684. The maximum atomic E-state index is 12.9. The first-order valence-electron chi connectivity index (χ1n) is 11.4. The van der Waals surface area contributed by atoms with Crippen LogP contribution in [0.4, 0.5) is 5.69 Å². The van der Waals surface area contributed by atoms with Gasteiger partial charge in [0, 0.05) is 40.1 Å². The van der Waals surface area contributed by atoms with Gasteiger partial charge in [0.1, 0.15) is 0 Å². The molecule has 0 atom stereocenters. The Balaban J connectivity index is 1.36. The normalized spacial score (nSPS) is 11.2. The first-order valence-corrected chi connectivity index (χ1v) is 11.4. The number of allylic oxidation sites excluding steroid dienone is 1. The number of aryl methyl sites for hydroxylation is 1. The second-order valence-corrected chi connectivity index (χ2v) is 8.50. The molecule has 0 aliphatic rings. The van der Waals surface area contributed by atoms with Gasteiger partial charge in [-0.2, -0.15) is 0 Å². The van der Waals surface area contributed by atoms with Crippen molar-refractivity contribution in [3.8, 4) is 0 Å². The van der Waals surface area contributed by atoms with Crippen molar-refractivity contribution in [2.75, 3.05) is 5.32 Å². The number of primary amides is 1. The molecule has 3 N–H and O–H groups in total. The molecule has 0 aliphatic carbocycles. The summed E-state index contributed by atoms with van der Waals surface area (Å²) in [6.07, 6.45) is 3.31. The van der Waals surface area contributed by atoms with E-state index in [1.165, 1.54) is 18.2 Å². The highest BCUT2D eigenvalue weighted by Crippen LogP contribution is 2.29. The lowest BCUT2D eigenvalue weighted by Gasteiger charge is -2.09. The van der Waals surface area contributed by atoms with E-state index in [0.717, 1.165) is 27.4 Å². The first-order chi connectivity index (χ1) is 17.4. The average Bonchev–Trinajstić information content (AvgIpc) is 3.18. The molecular weight excluding hydrogens is 450 g/mol. The molecule has 1 heterocycles. The third-order valence-electron chi connectivity index (χ3n) is 6.21. The Morgan fingerprint density at radius 2 is 1.50 bits per heavy atom. The summed E-state index contributed by atoms with van der Waals surface area (Å²) in [5, 5.41) is 5.03. The minimum absolute atomic E-state index is 0.133. The number of anilines is 1. The molecule has 36 heavy (non-hydrogen) atoms. The van der Waals surface area contributed by atoms with Crippen molar-refractivity contribution in [3.05, 3.63) is 119 Å². The fourth-order valence-corrected chi connectivity index (χ4v) is 4.40. The number of ketones is 1. The number of hydrogen-bond acceptors (Lipinski definition) is 3. The Bertz CT molecular complexity index is 1690. The highest BCUT2D eigenvalue weighted by Gasteiger charge is 2.15. The van der Waals surface area contributed by atoms with Crippen molar-refractivity contribution in [2.45, 2.75) is 0 Å².